The van der Waals surface area contributed by atoms with Gasteiger partial charge in [0.15, 0.2) is 6.10 Å². The summed E-state index contributed by atoms with van der Waals surface area (Å²) in [5.41, 5.74) is 0. The van der Waals surface area contributed by atoms with Crippen LogP contribution in [0, 0.1) is 0 Å². The molecule has 6 nitrogen and oxygen atoms in total. The number of carbonyl (C=O) groups is 3. The second-order valence-corrected chi connectivity index (χ2v) is 22.4. The van der Waals surface area contributed by atoms with E-state index in [1.807, 2.05) is 0 Å². The van der Waals surface area contributed by atoms with Crippen LogP contribution in [-0.4, -0.2) is 37.2 Å². The van der Waals surface area contributed by atoms with Gasteiger partial charge in [-0.2, -0.15) is 0 Å². The largest absolute Gasteiger partial charge is 0.462 e. The van der Waals surface area contributed by atoms with Gasteiger partial charge in [0, 0.05) is 19.3 Å². The number of allylic oxidation sites excluding steroid dienone is 6. The Hall–Kier alpha value is -2.37. The molecule has 0 aromatic heterocycles. The van der Waals surface area contributed by atoms with E-state index in [2.05, 4.69) is 57.2 Å². The van der Waals surface area contributed by atoms with Crippen LogP contribution in [-0.2, 0) is 28.6 Å². The molecule has 0 saturated heterocycles. The van der Waals surface area contributed by atoms with E-state index in [9.17, 15) is 14.4 Å². The zero-order valence-electron chi connectivity index (χ0n) is 49.9. The number of esters is 3. The number of rotatable bonds is 61. The van der Waals surface area contributed by atoms with Crippen LogP contribution in [0.2, 0.25) is 0 Å². The van der Waals surface area contributed by atoms with Crippen molar-refractivity contribution in [2.75, 3.05) is 13.2 Å². The fraction of sp³-hybridized carbons (Fsp3) is 0.868. The monoisotopic (exact) mass is 1040 g/mol. The molecule has 0 aliphatic carbocycles. The van der Waals surface area contributed by atoms with Crippen molar-refractivity contribution in [3.63, 3.8) is 0 Å². The average molecular weight is 1040 g/mol. The Labute approximate surface area is 461 Å². The van der Waals surface area contributed by atoms with Gasteiger partial charge in [0.1, 0.15) is 13.2 Å². The highest BCUT2D eigenvalue weighted by Crippen LogP contribution is 2.18. The quantitative estimate of drug-likeness (QED) is 0.0261. The summed E-state index contributed by atoms with van der Waals surface area (Å²) in [5, 5.41) is 0. The molecule has 434 valence electrons. The van der Waals surface area contributed by atoms with Crippen LogP contribution in [0.3, 0.4) is 0 Å². The lowest BCUT2D eigenvalue weighted by Crippen LogP contribution is -2.30. The first kappa shape index (κ1) is 71.6. The fourth-order valence-corrected chi connectivity index (χ4v) is 9.99. The van der Waals surface area contributed by atoms with Crippen LogP contribution in [0.4, 0.5) is 0 Å². The lowest BCUT2D eigenvalue weighted by atomic mass is 10.0. The number of hydrogen-bond donors (Lipinski definition) is 0. The highest BCUT2D eigenvalue weighted by atomic mass is 16.6. The van der Waals surface area contributed by atoms with Gasteiger partial charge >= 0.3 is 17.9 Å². The molecular formula is C68H126O6. The summed E-state index contributed by atoms with van der Waals surface area (Å²) in [6, 6.07) is 0. The van der Waals surface area contributed by atoms with Gasteiger partial charge in [0.25, 0.3) is 0 Å². The first-order chi connectivity index (χ1) is 36.5. The van der Waals surface area contributed by atoms with Gasteiger partial charge in [0.05, 0.1) is 0 Å². The van der Waals surface area contributed by atoms with E-state index in [-0.39, 0.29) is 31.1 Å². The molecule has 0 N–H and O–H groups in total. The summed E-state index contributed by atoms with van der Waals surface area (Å²) in [5.74, 6) is -0.872. The van der Waals surface area contributed by atoms with Gasteiger partial charge in [-0.25, -0.2) is 0 Å². The minimum atomic E-state index is -0.777. The molecular weight excluding hydrogens is 913 g/mol. The predicted molar refractivity (Wildman–Crippen MR) is 321 cm³/mol. The van der Waals surface area contributed by atoms with Crippen molar-refractivity contribution in [3.8, 4) is 0 Å². The third-order valence-electron chi connectivity index (χ3n) is 14.9. The van der Waals surface area contributed by atoms with E-state index in [4.69, 9.17) is 14.2 Å². The van der Waals surface area contributed by atoms with E-state index in [0.29, 0.717) is 19.3 Å². The predicted octanol–water partition coefficient (Wildman–Crippen LogP) is 22.4. The zero-order valence-corrected chi connectivity index (χ0v) is 49.9. The normalized spacial score (nSPS) is 12.2. The molecule has 0 rings (SSSR count). The molecule has 0 spiro atoms. The summed E-state index contributed by atoms with van der Waals surface area (Å²) in [6.45, 7) is 6.56. The average Bonchev–Trinajstić information content (AvgIpc) is 3.40. The van der Waals surface area contributed by atoms with Gasteiger partial charge in [-0.1, -0.05) is 327 Å². The van der Waals surface area contributed by atoms with Gasteiger partial charge in [-0.3, -0.25) is 14.4 Å². The Morgan fingerprint density at radius 3 is 0.824 bits per heavy atom. The smallest absolute Gasteiger partial charge is 0.306 e. The van der Waals surface area contributed by atoms with Crippen molar-refractivity contribution in [1.29, 1.82) is 0 Å². The zero-order chi connectivity index (χ0) is 53.6. The second kappa shape index (κ2) is 63.2. The molecule has 0 aliphatic heterocycles. The summed E-state index contributed by atoms with van der Waals surface area (Å²) in [4.78, 5) is 38.1. The summed E-state index contributed by atoms with van der Waals surface area (Å²) >= 11 is 0. The topological polar surface area (TPSA) is 78.9 Å². The molecule has 6 heteroatoms. The Bertz CT molecular complexity index is 1240. The maximum absolute atomic E-state index is 12.8. The van der Waals surface area contributed by atoms with Crippen LogP contribution in [0.5, 0.6) is 0 Å². The van der Waals surface area contributed by atoms with Crippen molar-refractivity contribution in [1.82, 2.24) is 0 Å². The Balaban J connectivity index is 4.05. The minimum absolute atomic E-state index is 0.0745. The van der Waals surface area contributed by atoms with E-state index in [0.717, 1.165) is 96.3 Å². The molecule has 74 heavy (non-hydrogen) atoms. The van der Waals surface area contributed by atoms with Gasteiger partial charge in [-0.05, 0) is 51.4 Å². The SMILES string of the molecule is CC/C=C\C/C=C\C/C=C\CCCCCCCC(=O)OC(COC(=O)CCCCCCCCCCCC)COC(=O)CCCCCCCCCCCCCCCCCCCCCCCCCCCCCCCCC. The third-order valence-corrected chi connectivity index (χ3v) is 14.9. The van der Waals surface area contributed by atoms with Crippen LogP contribution in [0.15, 0.2) is 36.5 Å². The first-order valence-corrected chi connectivity index (χ1v) is 33.0. The molecule has 0 radical (unpaired) electrons. The van der Waals surface area contributed by atoms with Gasteiger partial charge in [0.2, 0.25) is 0 Å². The van der Waals surface area contributed by atoms with Crippen LogP contribution < -0.4 is 0 Å². The second-order valence-electron chi connectivity index (χ2n) is 22.4. The third kappa shape index (κ3) is 60.5. The van der Waals surface area contributed by atoms with E-state index < -0.39 is 6.10 Å². The van der Waals surface area contributed by atoms with Crippen molar-refractivity contribution >= 4 is 17.9 Å². The molecule has 0 amide bonds. The van der Waals surface area contributed by atoms with Gasteiger partial charge < -0.3 is 14.2 Å². The first-order valence-electron chi connectivity index (χ1n) is 33.0. The molecule has 0 aromatic rings. The molecule has 0 bridgehead atoms. The van der Waals surface area contributed by atoms with Crippen LogP contribution in [0.25, 0.3) is 0 Å². The van der Waals surface area contributed by atoms with Crippen molar-refractivity contribution in [2.45, 2.75) is 367 Å². The van der Waals surface area contributed by atoms with Crippen LogP contribution >= 0.6 is 0 Å². The maximum atomic E-state index is 12.8. The van der Waals surface area contributed by atoms with E-state index in [1.54, 1.807) is 0 Å². The van der Waals surface area contributed by atoms with Gasteiger partial charge in [-0.15, -0.1) is 0 Å². The number of hydrogen-bond acceptors (Lipinski definition) is 6. The summed E-state index contributed by atoms with van der Waals surface area (Å²) < 4.78 is 16.9. The number of ether oxygens (including phenoxy) is 3. The standard InChI is InChI=1S/C68H126O6/c1-4-7-10-13-16-19-22-24-26-27-28-29-30-31-32-33-34-35-36-37-38-39-40-41-43-44-46-49-52-55-58-61-67(70)73-64-65(63-72-66(69)60-57-54-51-48-21-18-15-12-9-6-3)74-68(71)62-59-56-53-50-47-45-42-25-23-20-17-14-11-8-5-2/h8,11,17,20,25,42,65H,4-7,9-10,12-16,18-19,21-24,26-41,43-64H2,1-3H3/b11-8-,20-17-,42-25-. The molecule has 0 aromatic carbocycles. The van der Waals surface area contributed by atoms with E-state index in [1.165, 1.54) is 225 Å². The Morgan fingerprint density at radius 2 is 0.527 bits per heavy atom. The maximum Gasteiger partial charge on any atom is 0.306 e. The number of unbranched alkanes of at least 4 members (excludes halogenated alkanes) is 44. The summed E-state index contributed by atoms with van der Waals surface area (Å²) in [6.07, 6.45) is 77.6. The molecule has 0 saturated carbocycles. The Morgan fingerprint density at radius 1 is 0.284 bits per heavy atom. The van der Waals surface area contributed by atoms with Crippen LogP contribution in [0.1, 0.15) is 361 Å². The summed E-state index contributed by atoms with van der Waals surface area (Å²) in [7, 11) is 0. The highest BCUT2D eigenvalue weighted by molar-refractivity contribution is 5.71. The van der Waals surface area contributed by atoms with Crippen molar-refractivity contribution in [3.05, 3.63) is 36.5 Å². The van der Waals surface area contributed by atoms with E-state index >= 15 is 0 Å². The van der Waals surface area contributed by atoms with Crippen molar-refractivity contribution < 1.29 is 28.6 Å². The minimum Gasteiger partial charge on any atom is -0.462 e. The number of carbonyl (C=O) groups excluding carboxylic acids is 3. The lowest BCUT2D eigenvalue weighted by Gasteiger charge is -2.18. The Kier molecular flexibility index (Phi) is 61.1. The highest BCUT2D eigenvalue weighted by Gasteiger charge is 2.19. The van der Waals surface area contributed by atoms with Crippen molar-refractivity contribution in [2.24, 2.45) is 0 Å². The molecule has 0 heterocycles. The molecule has 0 aliphatic rings. The molecule has 1 unspecified atom stereocenters. The molecule has 0 fully saturated rings. The fourth-order valence-electron chi connectivity index (χ4n) is 9.99. The molecule has 1 atom stereocenters. The lowest BCUT2D eigenvalue weighted by molar-refractivity contribution is -0.167.